The van der Waals surface area contributed by atoms with Crippen LogP contribution in [0.5, 0.6) is 0 Å². The van der Waals surface area contributed by atoms with Crippen LogP contribution in [0.2, 0.25) is 0 Å². The third-order valence-electron chi connectivity index (χ3n) is 2.68. The Morgan fingerprint density at radius 1 is 1.56 bits per heavy atom. The third kappa shape index (κ3) is 4.34. The van der Waals surface area contributed by atoms with Crippen LogP contribution in [0, 0.1) is 10.1 Å². The molecule has 6 heteroatoms. The monoisotopic (exact) mass is 315 g/mol. The fraction of sp³-hybridized carbons (Fsp3) is 0.583. The molecule has 0 amide bonds. The molecule has 5 nitrogen and oxygen atoms in total. The number of hydrogen-bond donors (Lipinski definition) is 1. The van der Waals surface area contributed by atoms with Gasteiger partial charge in [0.1, 0.15) is 5.69 Å². The first-order valence-corrected chi connectivity index (χ1v) is 6.90. The zero-order valence-electron chi connectivity index (χ0n) is 10.6. The summed E-state index contributed by atoms with van der Waals surface area (Å²) >= 11 is 3.21. The van der Waals surface area contributed by atoms with Gasteiger partial charge in [0.15, 0.2) is 0 Å². The molecular formula is C12H18BrN3O2. The molecule has 0 radical (unpaired) electrons. The van der Waals surface area contributed by atoms with E-state index in [2.05, 4.69) is 33.2 Å². The van der Waals surface area contributed by atoms with E-state index in [1.807, 2.05) is 6.92 Å². The number of hydrogen-bond acceptors (Lipinski definition) is 4. The van der Waals surface area contributed by atoms with Crippen LogP contribution in [0.3, 0.4) is 0 Å². The van der Waals surface area contributed by atoms with Crippen LogP contribution in [0.1, 0.15) is 32.4 Å². The van der Waals surface area contributed by atoms with E-state index in [9.17, 15) is 10.1 Å². The molecule has 0 aromatic carbocycles. The quantitative estimate of drug-likeness (QED) is 0.620. The normalized spacial score (nSPS) is 12.4. The van der Waals surface area contributed by atoms with E-state index in [0.29, 0.717) is 16.6 Å². The van der Waals surface area contributed by atoms with Crippen molar-refractivity contribution in [2.24, 2.45) is 0 Å². The summed E-state index contributed by atoms with van der Waals surface area (Å²) in [5.41, 5.74) is 0.631. The predicted octanol–water partition coefficient (Wildman–Crippen LogP) is 3.07. The minimum atomic E-state index is -0.373. The van der Waals surface area contributed by atoms with Crippen LogP contribution in [0.15, 0.2) is 16.7 Å². The molecule has 0 saturated carbocycles. The van der Waals surface area contributed by atoms with E-state index in [1.165, 1.54) is 6.07 Å². The Bertz CT molecular complexity index is 406. The molecule has 1 aromatic heterocycles. The van der Waals surface area contributed by atoms with Gasteiger partial charge in [-0.05, 0) is 28.9 Å². The van der Waals surface area contributed by atoms with Crippen molar-refractivity contribution in [3.05, 3.63) is 32.5 Å². The standard InChI is InChI=1S/C12H18BrN3O2/c1-3-5-10(14-4-2)7-11-12(16(17)18)6-9(13)8-15-11/h6,8,10,14H,3-5,7H2,1-2H3. The van der Waals surface area contributed by atoms with Crippen molar-refractivity contribution in [3.63, 3.8) is 0 Å². The average Bonchev–Trinajstić information content (AvgIpc) is 2.32. The highest BCUT2D eigenvalue weighted by atomic mass is 79.9. The Kier molecular flexibility index (Phi) is 6.21. The minimum Gasteiger partial charge on any atom is -0.314 e. The number of likely N-dealkylation sites (N-methyl/N-ethyl adjacent to an activating group) is 1. The Morgan fingerprint density at radius 2 is 2.28 bits per heavy atom. The first-order chi connectivity index (χ1) is 8.58. The maximum atomic E-state index is 11.0. The fourth-order valence-corrected chi connectivity index (χ4v) is 2.24. The number of halogens is 1. The van der Waals surface area contributed by atoms with Gasteiger partial charge in [0.05, 0.1) is 4.92 Å². The zero-order chi connectivity index (χ0) is 13.5. The molecule has 1 rings (SSSR count). The summed E-state index contributed by atoms with van der Waals surface area (Å²) in [5, 5.41) is 14.3. The van der Waals surface area contributed by atoms with Gasteiger partial charge in [-0.25, -0.2) is 0 Å². The number of nitrogens with one attached hydrogen (secondary N) is 1. The van der Waals surface area contributed by atoms with Gasteiger partial charge in [0, 0.05) is 29.2 Å². The Labute approximate surface area is 115 Å². The summed E-state index contributed by atoms with van der Waals surface area (Å²) in [6.07, 6.45) is 4.23. The van der Waals surface area contributed by atoms with Crippen molar-refractivity contribution < 1.29 is 4.92 Å². The Morgan fingerprint density at radius 3 is 2.83 bits per heavy atom. The van der Waals surface area contributed by atoms with Gasteiger partial charge in [-0.1, -0.05) is 20.3 Å². The van der Waals surface area contributed by atoms with Gasteiger partial charge >= 0.3 is 0 Å². The van der Waals surface area contributed by atoms with Crippen molar-refractivity contribution in [2.45, 2.75) is 39.2 Å². The molecule has 0 fully saturated rings. The summed E-state index contributed by atoms with van der Waals surface area (Å²) in [4.78, 5) is 14.8. The third-order valence-corrected chi connectivity index (χ3v) is 3.11. The maximum Gasteiger partial charge on any atom is 0.291 e. The minimum absolute atomic E-state index is 0.0865. The topological polar surface area (TPSA) is 68.1 Å². The molecule has 1 atom stereocenters. The lowest BCUT2D eigenvalue weighted by Gasteiger charge is -2.16. The van der Waals surface area contributed by atoms with E-state index >= 15 is 0 Å². The number of pyridine rings is 1. The average molecular weight is 316 g/mol. The molecule has 1 N–H and O–H groups in total. The molecule has 1 unspecified atom stereocenters. The number of nitro groups is 1. The predicted molar refractivity (Wildman–Crippen MR) is 74.7 cm³/mol. The summed E-state index contributed by atoms with van der Waals surface area (Å²) in [6, 6.07) is 1.75. The zero-order valence-corrected chi connectivity index (χ0v) is 12.2. The highest BCUT2D eigenvalue weighted by Crippen LogP contribution is 2.22. The Hall–Kier alpha value is -1.01. The van der Waals surface area contributed by atoms with Gasteiger partial charge in [-0.2, -0.15) is 0 Å². The largest absolute Gasteiger partial charge is 0.314 e. The lowest BCUT2D eigenvalue weighted by atomic mass is 10.0. The van der Waals surface area contributed by atoms with E-state index in [-0.39, 0.29) is 16.7 Å². The summed E-state index contributed by atoms with van der Waals surface area (Å²) < 4.78 is 0.633. The van der Waals surface area contributed by atoms with Crippen LogP contribution in [0.4, 0.5) is 5.69 Å². The van der Waals surface area contributed by atoms with E-state index in [1.54, 1.807) is 6.20 Å². The second kappa shape index (κ2) is 7.43. The lowest BCUT2D eigenvalue weighted by molar-refractivity contribution is -0.386. The van der Waals surface area contributed by atoms with Crippen molar-refractivity contribution >= 4 is 21.6 Å². The molecule has 0 aliphatic rings. The van der Waals surface area contributed by atoms with Crippen molar-refractivity contribution in [3.8, 4) is 0 Å². The van der Waals surface area contributed by atoms with Crippen molar-refractivity contribution in [1.82, 2.24) is 10.3 Å². The molecule has 0 saturated heterocycles. The van der Waals surface area contributed by atoms with Gasteiger partial charge in [0.25, 0.3) is 5.69 Å². The summed E-state index contributed by atoms with van der Waals surface area (Å²) in [7, 11) is 0. The van der Waals surface area contributed by atoms with E-state index in [0.717, 1.165) is 19.4 Å². The summed E-state index contributed by atoms with van der Waals surface area (Å²) in [5.74, 6) is 0. The molecule has 0 bridgehead atoms. The Balaban J connectivity index is 2.90. The SMILES string of the molecule is CCCC(Cc1ncc(Br)cc1[N+](=O)[O-])NCC. The fourth-order valence-electron chi connectivity index (χ4n) is 1.92. The molecule has 0 spiro atoms. The van der Waals surface area contributed by atoms with Gasteiger partial charge in [-0.15, -0.1) is 0 Å². The maximum absolute atomic E-state index is 11.0. The first-order valence-electron chi connectivity index (χ1n) is 6.10. The lowest BCUT2D eigenvalue weighted by Crippen LogP contribution is -2.31. The first kappa shape index (κ1) is 15.0. The molecule has 18 heavy (non-hydrogen) atoms. The molecule has 1 heterocycles. The van der Waals surface area contributed by atoms with Gasteiger partial charge in [-0.3, -0.25) is 15.1 Å². The van der Waals surface area contributed by atoms with Crippen LogP contribution >= 0.6 is 15.9 Å². The molecule has 0 aliphatic carbocycles. The van der Waals surface area contributed by atoms with Crippen molar-refractivity contribution in [2.75, 3.05) is 6.54 Å². The number of aromatic nitrogens is 1. The highest BCUT2D eigenvalue weighted by molar-refractivity contribution is 9.10. The molecular weight excluding hydrogens is 298 g/mol. The molecule has 1 aromatic rings. The second-order valence-electron chi connectivity index (χ2n) is 4.12. The molecule has 0 aliphatic heterocycles. The number of nitrogens with zero attached hydrogens (tertiary/aromatic N) is 2. The van der Waals surface area contributed by atoms with Crippen LogP contribution in [-0.2, 0) is 6.42 Å². The smallest absolute Gasteiger partial charge is 0.291 e. The van der Waals surface area contributed by atoms with E-state index in [4.69, 9.17) is 0 Å². The van der Waals surface area contributed by atoms with Crippen molar-refractivity contribution in [1.29, 1.82) is 0 Å². The highest BCUT2D eigenvalue weighted by Gasteiger charge is 2.19. The second-order valence-corrected chi connectivity index (χ2v) is 5.04. The van der Waals surface area contributed by atoms with E-state index < -0.39 is 0 Å². The van der Waals surface area contributed by atoms with Crippen LogP contribution in [0.25, 0.3) is 0 Å². The van der Waals surface area contributed by atoms with Crippen LogP contribution in [-0.4, -0.2) is 22.5 Å². The van der Waals surface area contributed by atoms with Gasteiger partial charge in [0.2, 0.25) is 0 Å². The molecule has 100 valence electrons. The number of rotatable bonds is 7. The summed E-state index contributed by atoms with van der Waals surface area (Å²) in [6.45, 7) is 4.99. The van der Waals surface area contributed by atoms with Crippen LogP contribution < -0.4 is 5.32 Å². The van der Waals surface area contributed by atoms with Gasteiger partial charge < -0.3 is 5.32 Å².